The van der Waals surface area contributed by atoms with Crippen molar-refractivity contribution in [1.29, 1.82) is 0 Å². The van der Waals surface area contributed by atoms with Crippen LogP contribution in [-0.2, 0) is 11.2 Å². The number of piperidine rings is 1. The molecule has 1 aromatic heterocycles. The highest BCUT2D eigenvalue weighted by molar-refractivity contribution is 6.30. The molecule has 0 aliphatic carbocycles. The molecule has 0 bridgehead atoms. The van der Waals surface area contributed by atoms with Gasteiger partial charge in [-0.25, -0.2) is 9.97 Å². The Morgan fingerprint density at radius 3 is 3.00 bits per heavy atom. The first-order chi connectivity index (χ1) is 9.11. The summed E-state index contributed by atoms with van der Waals surface area (Å²) in [6, 6.07) is 0.226. The number of nitrogens with one attached hydrogen (secondary N) is 1. The van der Waals surface area contributed by atoms with E-state index in [0.717, 1.165) is 30.6 Å². The molecule has 1 aliphatic heterocycles. The van der Waals surface area contributed by atoms with Crippen LogP contribution in [0.5, 0.6) is 0 Å². The lowest BCUT2D eigenvalue weighted by molar-refractivity contribution is -0.132. The van der Waals surface area contributed by atoms with Crippen molar-refractivity contribution in [2.24, 2.45) is 0 Å². The number of likely N-dealkylation sites (N-methyl/N-ethyl adjacent to an activating group) is 1. The monoisotopic (exact) mass is 282 g/mol. The van der Waals surface area contributed by atoms with E-state index in [2.05, 4.69) is 22.2 Å². The first-order valence-corrected chi connectivity index (χ1v) is 6.99. The van der Waals surface area contributed by atoms with E-state index in [1.807, 2.05) is 7.05 Å². The fourth-order valence-electron chi connectivity index (χ4n) is 2.31. The van der Waals surface area contributed by atoms with Crippen LogP contribution in [0.4, 0.5) is 5.82 Å². The van der Waals surface area contributed by atoms with Crippen LogP contribution in [0.1, 0.15) is 31.7 Å². The Balaban J connectivity index is 2.10. The molecule has 5 nitrogen and oxygen atoms in total. The van der Waals surface area contributed by atoms with Gasteiger partial charge in [0.05, 0.1) is 0 Å². The van der Waals surface area contributed by atoms with E-state index in [1.165, 1.54) is 6.33 Å². The summed E-state index contributed by atoms with van der Waals surface area (Å²) in [4.78, 5) is 21.5. The van der Waals surface area contributed by atoms with Crippen LogP contribution >= 0.6 is 11.6 Å². The summed E-state index contributed by atoms with van der Waals surface area (Å²) in [7, 11) is 1.83. The van der Waals surface area contributed by atoms with Gasteiger partial charge < -0.3 is 10.2 Å². The lowest BCUT2D eigenvalue weighted by Gasteiger charge is -2.31. The zero-order valence-corrected chi connectivity index (χ0v) is 12.1. The SMILES string of the molecule is CCCc1c(Cl)ncnc1NC1CCC(=O)N(C)C1. The molecular weight excluding hydrogens is 264 g/mol. The van der Waals surface area contributed by atoms with Gasteiger partial charge in [0, 0.05) is 31.6 Å². The molecule has 0 aromatic carbocycles. The standard InChI is InChI=1S/C13H19ClN4O/c1-3-4-10-12(14)15-8-16-13(10)17-9-5-6-11(19)18(2)7-9/h8-9H,3-7H2,1-2H3,(H,15,16,17). The quantitative estimate of drug-likeness (QED) is 0.860. The molecule has 0 spiro atoms. The van der Waals surface area contributed by atoms with Crippen LogP contribution < -0.4 is 5.32 Å². The second-order valence-electron chi connectivity index (χ2n) is 4.90. The van der Waals surface area contributed by atoms with Crippen molar-refractivity contribution in [2.45, 2.75) is 38.6 Å². The minimum Gasteiger partial charge on any atom is -0.365 e. The van der Waals surface area contributed by atoms with E-state index in [0.29, 0.717) is 18.1 Å². The number of amides is 1. The lowest BCUT2D eigenvalue weighted by Crippen LogP contribution is -2.43. The van der Waals surface area contributed by atoms with Gasteiger partial charge in [0.15, 0.2) is 0 Å². The van der Waals surface area contributed by atoms with Gasteiger partial charge >= 0.3 is 0 Å². The Bertz CT molecular complexity index is 466. The van der Waals surface area contributed by atoms with E-state index in [4.69, 9.17) is 11.6 Å². The van der Waals surface area contributed by atoms with Gasteiger partial charge in [0.1, 0.15) is 17.3 Å². The molecule has 1 aromatic rings. The highest BCUT2D eigenvalue weighted by Gasteiger charge is 2.23. The normalized spacial score (nSPS) is 19.6. The minimum absolute atomic E-state index is 0.201. The average molecular weight is 283 g/mol. The van der Waals surface area contributed by atoms with Gasteiger partial charge in [-0.3, -0.25) is 4.79 Å². The molecule has 0 radical (unpaired) electrons. The summed E-state index contributed by atoms with van der Waals surface area (Å²) >= 11 is 6.12. The average Bonchev–Trinajstić information content (AvgIpc) is 2.38. The molecule has 1 N–H and O–H groups in total. The Morgan fingerprint density at radius 1 is 1.53 bits per heavy atom. The van der Waals surface area contributed by atoms with Crippen LogP contribution in [-0.4, -0.2) is 40.4 Å². The van der Waals surface area contributed by atoms with Crippen molar-refractivity contribution in [3.8, 4) is 0 Å². The van der Waals surface area contributed by atoms with Crippen molar-refractivity contribution in [2.75, 3.05) is 18.9 Å². The van der Waals surface area contributed by atoms with Crippen LogP contribution in [0.15, 0.2) is 6.33 Å². The largest absolute Gasteiger partial charge is 0.365 e. The molecule has 1 amide bonds. The van der Waals surface area contributed by atoms with Gasteiger partial charge in [-0.1, -0.05) is 24.9 Å². The van der Waals surface area contributed by atoms with Crippen LogP contribution in [0, 0.1) is 0 Å². The maximum Gasteiger partial charge on any atom is 0.222 e. The van der Waals surface area contributed by atoms with Gasteiger partial charge in [0.2, 0.25) is 5.91 Å². The topological polar surface area (TPSA) is 58.1 Å². The summed E-state index contributed by atoms with van der Waals surface area (Å²) in [6.45, 7) is 2.80. The highest BCUT2D eigenvalue weighted by atomic mass is 35.5. The molecule has 2 heterocycles. The first kappa shape index (κ1) is 14.1. The Labute approximate surface area is 118 Å². The van der Waals surface area contributed by atoms with E-state index < -0.39 is 0 Å². The fourth-order valence-corrected chi connectivity index (χ4v) is 2.54. The highest BCUT2D eigenvalue weighted by Crippen LogP contribution is 2.23. The van der Waals surface area contributed by atoms with E-state index >= 15 is 0 Å². The van der Waals surface area contributed by atoms with Crippen molar-refractivity contribution in [3.05, 3.63) is 17.0 Å². The van der Waals surface area contributed by atoms with Crippen molar-refractivity contribution in [3.63, 3.8) is 0 Å². The van der Waals surface area contributed by atoms with E-state index in [-0.39, 0.29) is 11.9 Å². The number of hydrogen-bond acceptors (Lipinski definition) is 4. The minimum atomic E-state index is 0.201. The second kappa shape index (κ2) is 6.19. The molecule has 104 valence electrons. The molecule has 1 unspecified atom stereocenters. The second-order valence-corrected chi connectivity index (χ2v) is 5.25. The van der Waals surface area contributed by atoms with Crippen molar-refractivity contribution < 1.29 is 4.79 Å². The zero-order valence-electron chi connectivity index (χ0n) is 11.3. The number of hydrogen-bond donors (Lipinski definition) is 1. The van der Waals surface area contributed by atoms with Crippen LogP contribution in [0.25, 0.3) is 0 Å². The third-order valence-corrected chi connectivity index (χ3v) is 3.69. The van der Waals surface area contributed by atoms with Crippen LogP contribution in [0.3, 0.4) is 0 Å². The zero-order chi connectivity index (χ0) is 13.8. The lowest BCUT2D eigenvalue weighted by atomic mass is 10.1. The molecule has 1 fully saturated rings. The molecule has 0 saturated carbocycles. The van der Waals surface area contributed by atoms with E-state index in [9.17, 15) is 4.79 Å². The number of nitrogens with zero attached hydrogens (tertiary/aromatic N) is 3. The number of halogens is 1. The summed E-state index contributed by atoms with van der Waals surface area (Å²) < 4.78 is 0. The van der Waals surface area contributed by atoms with Gasteiger partial charge in [-0.05, 0) is 12.8 Å². The molecule has 1 saturated heterocycles. The number of carbonyl (C=O) groups is 1. The molecule has 1 atom stereocenters. The smallest absolute Gasteiger partial charge is 0.222 e. The third kappa shape index (κ3) is 3.35. The number of aromatic nitrogens is 2. The van der Waals surface area contributed by atoms with E-state index in [1.54, 1.807) is 4.90 Å². The Hall–Kier alpha value is -1.36. The van der Waals surface area contributed by atoms with Gasteiger partial charge in [0.25, 0.3) is 0 Å². The fraction of sp³-hybridized carbons (Fsp3) is 0.615. The van der Waals surface area contributed by atoms with Crippen LogP contribution in [0.2, 0.25) is 5.15 Å². The predicted octanol–water partition coefficient (Wildman–Crippen LogP) is 2.12. The summed E-state index contributed by atoms with van der Waals surface area (Å²) in [6.07, 6.45) is 4.72. The molecule has 6 heteroatoms. The number of rotatable bonds is 4. The summed E-state index contributed by atoms with van der Waals surface area (Å²) in [5.41, 5.74) is 0.964. The van der Waals surface area contributed by atoms with Crippen molar-refractivity contribution >= 4 is 23.3 Å². The maximum absolute atomic E-state index is 11.5. The number of carbonyl (C=O) groups excluding carboxylic acids is 1. The van der Waals surface area contributed by atoms with Crippen molar-refractivity contribution in [1.82, 2.24) is 14.9 Å². The Kier molecular flexibility index (Phi) is 4.58. The first-order valence-electron chi connectivity index (χ1n) is 6.61. The molecule has 1 aliphatic rings. The maximum atomic E-state index is 11.5. The summed E-state index contributed by atoms with van der Waals surface area (Å²) in [5, 5.41) is 3.91. The molecule has 2 rings (SSSR count). The third-order valence-electron chi connectivity index (χ3n) is 3.36. The van der Waals surface area contributed by atoms with Gasteiger partial charge in [-0.15, -0.1) is 0 Å². The Morgan fingerprint density at radius 2 is 2.32 bits per heavy atom. The predicted molar refractivity (Wildman–Crippen MR) is 75.3 cm³/mol. The summed E-state index contributed by atoms with van der Waals surface area (Å²) in [5.74, 6) is 1.00. The molecular formula is C13H19ClN4O. The number of anilines is 1. The number of likely N-dealkylation sites (tertiary alicyclic amines) is 1. The molecule has 19 heavy (non-hydrogen) atoms. The van der Waals surface area contributed by atoms with Gasteiger partial charge in [-0.2, -0.15) is 0 Å².